The highest BCUT2D eigenvalue weighted by molar-refractivity contribution is 7.81. The normalized spacial score (nSPS) is 17.2. The molecule has 740 valence electrons. The number of benzene rings is 2. The molecule has 16 amide bonds. The van der Waals surface area contributed by atoms with Gasteiger partial charge in [-0.25, -0.2) is 4.79 Å². The van der Waals surface area contributed by atoms with E-state index in [0.717, 1.165) is 18.7 Å². The van der Waals surface area contributed by atoms with E-state index in [2.05, 4.69) is 105 Å². The van der Waals surface area contributed by atoms with E-state index in [1.54, 1.807) is 27.7 Å². The Morgan fingerprint density at radius 1 is 0.462 bits per heavy atom. The first-order chi connectivity index (χ1) is 62.0. The van der Waals surface area contributed by atoms with Crippen molar-refractivity contribution in [3.8, 4) is 11.5 Å². The number of hydrogen-bond acceptors (Lipinski definition) is 31. The minimum absolute atomic E-state index is 0.0837. The molecule has 1 saturated heterocycles. The van der Waals surface area contributed by atoms with E-state index in [9.17, 15) is 112 Å². The molecule has 48 nitrogen and oxygen atoms in total. The standard InChI is InChI=1S/C82H137N25O23S2/c1-9-40(4)61(103-74(123)58-35-47(112)37-107(58)79(128)60(89)39(2)3)75(124)105-63(42(6)109)77(126)99-54(33-43-15-19-45(110)20-16-43)72(121)106-64(82(7,8)132)78(127)100-55(36-59(88)113)71(120)94-49(14-12-32-92-81(90)91)65(114)96-53(26-31-87)70(119)104-62(41(5)108)76(125)98-52(25-30-86)68(117)93-48(13-10-11-27-83)66(115)102-57(38-131)73(122)97-50(23-28-84)67(116)95-51(24-29-85)69(118)101-56(80(129)130)34-44-17-21-46(111)22-18-44/h15-22,39-42,47-58,60-64,108-112,131-132H,9-14,23-38,83-87,89H2,1-8H3,(H2,88,113)(H,93,117)(H,94,120)(H,95,116)(H,96,114)(H,97,122)(H,98,125)(H,99,126)(H,100,127)(H,101,118)(H,102,115)(H,103,123)(H,104,119)(H,105,124)(H,106,121)(H,129,130)(H4,90,91,92)/t40-,41+,42+,47+,48-,49-,50-,51-,52+,53-,54-,55-,56-,57-,58-,60-,61-,62-,63-,64+/m0/s1. The Bertz CT molecular complexity index is 4230. The molecule has 0 unspecified atom stereocenters. The summed E-state index contributed by atoms with van der Waals surface area (Å²) in [5.41, 5.74) is 52.9. The quantitative estimate of drug-likeness (QED) is 0.0127. The van der Waals surface area contributed by atoms with Crippen molar-refractivity contribution in [2.75, 3.05) is 51.6 Å². The number of thiol groups is 2. The molecule has 0 saturated carbocycles. The molecule has 3 rings (SSSR count). The van der Waals surface area contributed by atoms with Crippen LogP contribution in [0.3, 0.4) is 0 Å². The lowest BCUT2D eigenvalue weighted by Gasteiger charge is -2.33. The summed E-state index contributed by atoms with van der Waals surface area (Å²) in [5.74, 6) is -20.4. The molecule has 0 spiro atoms. The van der Waals surface area contributed by atoms with Crippen molar-refractivity contribution >= 4 is 132 Å². The molecular weight excluding hydrogens is 1770 g/mol. The van der Waals surface area contributed by atoms with E-state index in [4.69, 9.17) is 51.6 Å². The van der Waals surface area contributed by atoms with Gasteiger partial charge in [0.1, 0.15) is 102 Å². The molecule has 2 aromatic rings. The number of aliphatic hydroxyl groups is 3. The molecule has 2 aromatic carbocycles. The van der Waals surface area contributed by atoms with Crippen LogP contribution in [-0.2, 0) is 94.3 Å². The summed E-state index contributed by atoms with van der Waals surface area (Å²) in [6.45, 7) is 10.3. The molecule has 38 N–H and O–H groups in total. The van der Waals surface area contributed by atoms with Crippen LogP contribution in [-0.4, -0.2) is 313 Å². The number of phenolic OH excluding ortho intramolecular Hbond substituents is 2. The van der Waals surface area contributed by atoms with Crippen LogP contribution in [0.2, 0.25) is 0 Å². The van der Waals surface area contributed by atoms with Gasteiger partial charge in [0.15, 0.2) is 5.96 Å². The lowest BCUT2D eigenvalue weighted by Crippen LogP contribution is -2.64. The molecule has 0 radical (unpaired) electrons. The van der Waals surface area contributed by atoms with E-state index in [0.29, 0.717) is 12.0 Å². The monoisotopic (exact) mass is 1900 g/mol. The van der Waals surface area contributed by atoms with Gasteiger partial charge in [0.25, 0.3) is 0 Å². The van der Waals surface area contributed by atoms with Gasteiger partial charge in [0.05, 0.1) is 30.8 Å². The van der Waals surface area contributed by atoms with Crippen LogP contribution in [0.15, 0.2) is 53.5 Å². The zero-order valence-corrected chi connectivity index (χ0v) is 77.2. The largest absolute Gasteiger partial charge is 0.508 e. The maximum atomic E-state index is 14.8. The smallest absolute Gasteiger partial charge is 0.326 e. The number of nitrogens with one attached hydrogen (secondary N) is 14. The molecule has 1 aliphatic heterocycles. The third-order valence-corrected chi connectivity index (χ3v) is 22.0. The van der Waals surface area contributed by atoms with Gasteiger partial charge in [0.2, 0.25) is 94.5 Å². The second kappa shape index (κ2) is 57.2. The molecule has 0 bridgehead atoms. The third kappa shape index (κ3) is 38.5. The summed E-state index contributed by atoms with van der Waals surface area (Å²) in [6.07, 6.45) is -7.47. The number of rotatable bonds is 59. The van der Waals surface area contributed by atoms with Crippen molar-refractivity contribution in [2.45, 2.75) is 265 Å². The fraction of sp³-hybridized carbons (Fsp3) is 0.634. The second-order valence-corrected chi connectivity index (χ2v) is 34.7. The number of likely N-dealkylation sites (tertiary alicyclic amines) is 1. The number of aliphatic hydroxyl groups excluding tert-OH is 3. The number of carboxylic acid groups (broad SMARTS) is 1. The van der Waals surface area contributed by atoms with Crippen LogP contribution < -0.4 is 126 Å². The first-order valence-electron chi connectivity index (χ1n) is 43.3. The highest BCUT2D eigenvalue weighted by atomic mass is 32.1. The van der Waals surface area contributed by atoms with Crippen molar-refractivity contribution in [1.29, 1.82) is 0 Å². The van der Waals surface area contributed by atoms with Crippen molar-refractivity contribution in [1.82, 2.24) is 79.3 Å². The number of nitrogens with two attached hydrogens (primary N) is 9. The minimum Gasteiger partial charge on any atom is -0.508 e. The van der Waals surface area contributed by atoms with Gasteiger partial charge in [-0.15, -0.1) is 0 Å². The number of aromatic hydroxyl groups is 2. The third-order valence-electron chi connectivity index (χ3n) is 21.4. The van der Waals surface area contributed by atoms with Crippen molar-refractivity contribution in [3.05, 3.63) is 59.7 Å². The molecule has 1 fully saturated rings. The SMILES string of the molecule is CC[C@H](C)[C@H](NC(=O)[C@@H]1C[C@@H](O)CN1C(=O)[C@@H](N)C(C)C)C(=O)N[C@H](C(=O)N[C@@H](Cc1ccc(O)cc1)C(=O)N[C@H](C(=O)N[C@@H](CC(N)=O)C(=O)N[C@@H](CCCN=C(N)N)C(=O)N[C@@H](CCN)C(=O)N[C@H](C(=O)N[C@H](CCN)C(=O)N[C@@H](CCCCN)C(=O)N[C@@H](CS)C(=O)N[C@@H](CCN)C(=O)N[C@@H](CCN)C(=O)N[C@@H](Cc1ccc(O)cc1)C(=O)O)[C@@H](C)O)C(C)(C)S)[C@@H](C)O. The minimum atomic E-state index is -2.01. The van der Waals surface area contributed by atoms with E-state index in [1.807, 2.05) is 0 Å². The van der Waals surface area contributed by atoms with E-state index in [1.165, 1.54) is 62.4 Å². The van der Waals surface area contributed by atoms with Gasteiger partial charge in [-0.3, -0.25) is 81.7 Å². The van der Waals surface area contributed by atoms with Gasteiger partial charge in [0, 0.05) is 42.9 Å². The number of nitrogens with zero attached hydrogens (tertiary/aromatic N) is 2. The van der Waals surface area contributed by atoms with Crippen molar-refractivity contribution in [3.63, 3.8) is 0 Å². The van der Waals surface area contributed by atoms with Crippen LogP contribution in [0.1, 0.15) is 144 Å². The molecule has 0 aliphatic carbocycles. The lowest BCUT2D eigenvalue weighted by molar-refractivity contribution is -0.142. The number of amides is 16. The first kappa shape index (κ1) is 115. The average Bonchev–Trinajstić information content (AvgIpc) is 1.58. The molecule has 1 aliphatic rings. The number of phenols is 2. The van der Waals surface area contributed by atoms with E-state index in [-0.39, 0.29) is 139 Å². The van der Waals surface area contributed by atoms with Crippen molar-refractivity contribution in [2.24, 2.45) is 68.4 Å². The number of guanidine groups is 1. The summed E-state index contributed by atoms with van der Waals surface area (Å²) in [5, 5.41) is 97.0. The summed E-state index contributed by atoms with van der Waals surface area (Å²) in [6, 6.07) is -14.8. The molecule has 1 heterocycles. The average molecular weight is 1910 g/mol. The molecule has 0 aromatic heterocycles. The van der Waals surface area contributed by atoms with Crippen LogP contribution >= 0.6 is 25.3 Å². The predicted molar refractivity (Wildman–Crippen MR) is 488 cm³/mol. The Morgan fingerprint density at radius 2 is 0.818 bits per heavy atom. The Balaban J connectivity index is 1.92. The Morgan fingerprint density at radius 3 is 1.20 bits per heavy atom. The summed E-state index contributed by atoms with van der Waals surface area (Å²) in [7, 11) is 0. The Kier molecular flexibility index (Phi) is 49.7. The number of carbonyl (C=O) groups excluding carboxylic acids is 16. The number of hydrogen-bond donors (Lipinski definition) is 31. The van der Waals surface area contributed by atoms with Gasteiger partial charge in [-0.05, 0) is 165 Å². The number of β-amino-alcohol motifs (C(OH)–C–C–N with tert-alkyl or cyclic N) is 1. The van der Waals surface area contributed by atoms with Crippen LogP contribution in [0.25, 0.3) is 0 Å². The zero-order valence-electron chi connectivity index (χ0n) is 75.4. The summed E-state index contributed by atoms with van der Waals surface area (Å²) >= 11 is 8.84. The number of aliphatic carboxylic acids is 1. The summed E-state index contributed by atoms with van der Waals surface area (Å²) < 4.78 is -1.64. The molecule has 50 heteroatoms. The number of primary amides is 1. The second-order valence-electron chi connectivity index (χ2n) is 33.2. The van der Waals surface area contributed by atoms with E-state index >= 15 is 0 Å². The number of carboxylic acids is 1. The summed E-state index contributed by atoms with van der Waals surface area (Å²) in [4.78, 5) is 244. The molecule has 132 heavy (non-hydrogen) atoms. The van der Waals surface area contributed by atoms with Gasteiger partial charge in [-0.1, -0.05) is 58.4 Å². The fourth-order valence-electron chi connectivity index (χ4n) is 13.6. The van der Waals surface area contributed by atoms with Crippen molar-refractivity contribution < 1.29 is 112 Å². The predicted octanol–water partition coefficient (Wildman–Crippen LogP) is -10.4. The zero-order chi connectivity index (χ0) is 99.7. The molecular formula is C82H137N25O23S2. The topological polar surface area (TPSA) is 830 Å². The Hall–Kier alpha value is -11.4. The van der Waals surface area contributed by atoms with Crippen LogP contribution in [0.5, 0.6) is 11.5 Å². The maximum absolute atomic E-state index is 14.8. The lowest BCUT2D eigenvalue weighted by atomic mass is 9.96. The van der Waals surface area contributed by atoms with Crippen LogP contribution in [0, 0.1) is 11.8 Å². The first-order valence-corrected chi connectivity index (χ1v) is 44.4. The Labute approximate surface area is 775 Å². The number of aliphatic imine (C=N–C) groups is 1. The highest BCUT2D eigenvalue weighted by Crippen LogP contribution is 2.24. The van der Waals surface area contributed by atoms with E-state index < -0.39 is 251 Å². The molecule has 20 atom stereocenters. The fourth-order valence-corrected chi connectivity index (χ4v) is 14.0. The van der Waals surface area contributed by atoms with Gasteiger partial charge < -0.3 is 162 Å². The highest BCUT2D eigenvalue weighted by Gasteiger charge is 2.46. The maximum Gasteiger partial charge on any atom is 0.326 e. The number of carbonyl (C=O) groups is 17. The van der Waals surface area contributed by atoms with Gasteiger partial charge in [-0.2, -0.15) is 25.3 Å². The number of unbranched alkanes of at least 4 members (excludes halogenated alkanes) is 1. The van der Waals surface area contributed by atoms with Gasteiger partial charge >= 0.3 is 5.97 Å². The van der Waals surface area contributed by atoms with Crippen LogP contribution in [0.4, 0.5) is 0 Å².